The number of nitrogens with zero attached hydrogens (tertiary/aromatic N) is 1. The molecule has 0 aromatic carbocycles. The van der Waals surface area contributed by atoms with Gasteiger partial charge in [-0.1, -0.05) is 0 Å². The Morgan fingerprint density at radius 1 is 1.90 bits per heavy atom. The van der Waals surface area contributed by atoms with Crippen LogP contribution in [-0.2, 0) is 4.79 Å². The molecule has 2 N–H and O–H groups in total. The number of hydrogen-bond donors (Lipinski definition) is 1. The Morgan fingerprint density at radius 2 is 2.60 bits per heavy atom. The molecule has 0 bridgehead atoms. The third-order valence-corrected chi connectivity index (χ3v) is 1.81. The normalized spacial score (nSPS) is 9.70. The summed E-state index contributed by atoms with van der Waals surface area (Å²) in [6, 6.07) is 0. The van der Waals surface area contributed by atoms with Crippen molar-refractivity contribution in [2.75, 3.05) is 0 Å². The Morgan fingerprint density at radius 3 is 3.00 bits per heavy atom. The van der Waals surface area contributed by atoms with Gasteiger partial charge in [0.25, 0.3) is 0 Å². The van der Waals surface area contributed by atoms with Crippen LogP contribution in [0.5, 0.6) is 0 Å². The lowest BCUT2D eigenvalue weighted by Gasteiger charge is -1.85. The molecule has 1 rings (SSSR count). The number of carbonyl (C=O) groups is 1. The first kappa shape index (κ1) is 7.21. The summed E-state index contributed by atoms with van der Waals surface area (Å²) in [5.41, 5.74) is 5.82. The lowest BCUT2D eigenvalue weighted by molar-refractivity contribution is -0.114. The SMILES string of the molecule is Cc1csc([CH]C(N)=O)n1. The van der Waals surface area contributed by atoms with Gasteiger partial charge in [0.2, 0.25) is 5.91 Å². The minimum Gasteiger partial charge on any atom is -0.369 e. The van der Waals surface area contributed by atoms with Gasteiger partial charge in [-0.05, 0) is 6.92 Å². The Hall–Kier alpha value is -0.900. The monoisotopic (exact) mass is 155 g/mol. The maximum atomic E-state index is 10.3. The van der Waals surface area contributed by atoms with E-state index in [1.165, 1.54) is 17.8 Å². The van der Waals surface area contributed by atoms with Crippen LogP contribution in [0.4, 0.5) is 0 Å². The Kier molecular flexibility index (Phi) is 2.01. The van der Waals surface area contributed by atoms with Crippen molar-refractivity contribution in [1.29, 1.82) is 0 Å². The highest BCUT2D eigenvalue weighted by Crippen LogP contribution is 2.09. The first-order chi connectivity index (χ1) is 4.68. The van der Waals surface area contributed by atoms with Crippen LogP contribution in [0.3, 0.4) is 0 Å². The van der Waals surface area contributed by atoms with E-state index < -0.39 is 5.91 Å². The molecule has 0 aliphatic carbocycles. The highest BCUT2D eigenvalue weighted by Gasteiger charge is 2.01. The quantitative estimate of drug-likeness (QED) is 0.675. The van der Waals surface area contributed by atoms with Crippen LogP contribution in [-0.4, -0.2) is 10.9 Å². The molecule has 0 atom stereocenters. The average molecular weight is 155 g/mol. The maximum absolute atomic E-state index is 10.3. The van der Waals surface area contributed by atoms with Crippen molar-refractivity contribution in [3.63, 3.8) is 0 Å². The molecule has 1 heterocycles. The highest BCUT2D eigenvalue weighted by molar-refractivity contribution is 7.10. The first-order valence-corrected chi connectivity index (χ1v) is 3.63. The number of thiazole rings is 1. The molecule has 1 aromatic rings. The minimum absolute atomic E-state index is 0.450. The Labute approximate surface area is 62.9 Å². The molecule has 1 aromatic heterocycles. The maximum Gasteiger partial charge on any atom is 0.228 e. The van der Waals surface area contributed by atoms with Gasteiger partial charge in [-0.3, -0.25) is 4.79 Å². The van der Waals surface area contributed by atoms with Gasteiger partial charge in [0, 0.05) is 11.1 Å². The molecule has 10 heavy (non-hydrogen) atoms. The standard InChI is InChI=1S/C6H7N2OS/c1-4-3-10-6(8-4)2-5(7)9/h2-3H,1H3,(H2,7,9). The number of amides is 1. The zero-order chi connectivity index (χ0) is 7.56. The summed E-state index contributed by atoms with van der Waals surface area (Å²) in [4.78, 5) is 14.3. The lowest BCUT2D eigenvalue weighted by Crippen LogP contribution is -2.11. The highest BCUT2D eigenvalue weighted by atomic mass is 32.1. The van der Waals surface area contributed by atoms with E-state index in [-0.39, 0.29) is 0 Å². The van der Waals surface area contributed by atoms with Crippen LogP contribution < -0.4 is 5.73 Å². The summed E-state index contributed by atoms with van der Waals surface area (Å²) < 4.78 is 0. The van der Waals surface area contributed by atoms with Gasteiger partial charge >= 0.3 is 0 Å². The van der Waals surface area contributed by atoms with Gasteiger partial charge < -0.3 is 5.73 Å². The van der Waals surface area contributed by atoms with Crippen LogP contribution in [0, 0.1) is 13.3 Å². The van der Waals surface area contributed by atoms with Crippen LogP contribution in [0.2, 0.25) is 0 Å². The fraction of sp³-hybridized carbons (Fsp3) is 0.167. The van der Waals surface area contributed by atoms with E-state index in [1.54, 1.807) is 0 Å². The van der Waals surface area contributed by atoms with Crippen molar-refractivity contribution >= 4 is 17.2 Å². The van der Waals surface area contributed by atoms with Crippen molar-refractivity contribution < 1.29 is 4.79 Å². The largest absolute Gasteiger partial charge is 0.369 e. The van der Waals surface area contributed by atoms with Crippen molar-refractivity contribution in [2.24, 2.45) is 5.73 Å². The summed E-state index contributed by atoms with van der Waals surface area (Å²) in [5.74, 6) is -0.450. The summed E-state index contributed by atoms with van der Waals surface area (Å²) in [6.45, 7) is 1.87. The number of rotatable bonds is 2. The molecule has 0 aliphatic heterocycles. The molecular weight excluding hydrogens is 148 g/mol. The Bertz CT molecular complexity index is 244. The second-order valence-electron chi connectivity index (χ2n) is 1.87. The van der Waals surface area contributed by atoms with Gasteiger partial charge in [-0.2, -0.15) is 0 Å². The molecule has 3 nitrogen and oxygen atoms in total. The summed E-state index contributed by atoms with van der Waals surface area (Å²) in [5, 5.41) is 2.54. The van der Waals surface area contributed by atoms with Crippen LogP contribution >= 0.6 is 11.3 Å². The van der Waals surface area contributed by atoms with Crippen LogP contribution in [0.1, 0.15) is 10.7 Å². The molecule has 1 radical (unpaired) electrons. The van der Waals surface area contributed by atoms with E-state index in [1.807, 2.05) is 12.3 Å². The predicted octanol–water partition coefficient (Wildman–Crippen LogP) is 0.489. The van der Waals surface area contributed by atoms with E-state index in [4.69, 9.17) is 5.73 Å². The molecule has 0 saturated heterocycles. The van der Waals surface area contributed by atoms with Crippen molar-refractivity contribution in [2.45, 2.75) is 6.92 Å². The third-order valence-electron chi connectivity index (χ3n) is 0.903. The molecule has 0 unspecified atom stereocenters. The topological polar surface area (TPSA) is 56.0 Å². The van der Waals surface area contributed by atoms with Crippen LogP contribution in [0.15, 0.2) is 5.38 Å². The van der Waals surface area contributed by atoms with Crippen molar-refractivity contribution in [3.8, 4) is 0 Å². The molecule has 0 saturated carbocycles. The molecular formula is C6H7N2OS. The molecule has 4 heteroatoms. The minimum atomic E-state index is -0.450. The van der Waals surface area contributed by atoms with Gasteiger partial charge in [0.1, 0.15) is 11.4 Å². The first-order valence-electron chi connectivity index (χ1n) is 2.75. The average Bonchev–Trinajstić information content (AvgIpc) is 2.13. The zero-order valence-corrected chi connectivity index (χ0v) is 6.31. The molecule has 0 aliphatic rings. The van der Waals surface area contributed by atoms with E-state index in [9.17, 15) is 4.79 Å². The van der Waals surface area contributed by atoms with Gasteiger partial charge in [-0.15, -0.1) is 11.3 Å². The van der Waals surface area contributed by atoms with E-state index in [0.717, 1.165) is 5.69 Å². The number of nitrogens with two attached hydrogens (primary N) is 1. The second kappa shape index (κ2) is 2.79. The van der Waals surface area contributed by atoms with E-state index in [0.29, 0.717) is 5.01 Å². The molecule has 53 valence electrons. The molecule has 0 spiro atoms. The number of carbonyl (C=O) groups excluding carboxylic acids is 1. The fourth-order valence-electron chi connectivity index (χ4n) is 0.560. The summed E-state index contributed by atoms with van der Waals surface area (Å²) in [7, 11) is 0. The lowest BCUT2D eigenvalue weighted by atomic mass is 10.4. The fourth-order valence-corrected chi connectivity index (χ4v) is 1.29. The van der Waals surface area contributed by atoms with Crippen LogP contribution in [0.25, 0.3) is 0 Å². The zero-order valence-electron chi connectivity index (χ0n) is 5.50. The second-order valence-corrected chi connectivity index (χ2v) is 2.76. The van der Waals surface area contributed by atoms with Crippen molar-refractivity contribution in [1.82, 2.24) is 4.98 Å². The molecule has 0 fully saturated rings. The van der Waals surface area contributed by atoms with Crippen molar-refractivity contribution in [3.05, 3.63) is 22.5 Å². The van der Waals surface area contributed by atoms with E-state index >= 15 is 0 Å². The van der Waals surface area contributed by atoms with Gasteiger partial charge in [-0.25, -0.2) is 4.98 Å². The summed E-state index contributed by atoms with van der Waals surface area (Å²) >= 11 is 1.41. The number of hydrogen-bond acceptors (Lipinski definition) is 3. The number of aromatic nitrogens is 1. The summed E-state index contributed by atoms with van der Waals surface area (Å²) in [6.07, 6.45) is 1.32. The smallest absolute Gasteiger partial charge is 0.228 e. The predicted molar refractivity (Wildman–Crippen MR) is 39.4 cm³/mol. The van der Waals surface area contributed by atoms with Gasteiger partial charge in [0.15, 0.2) is 0 Å². The number of primary amides is 1. The van der Waals surface area contributed by atoms with Gasteiger partial charge in [0.05, 0.1) is 0 Å². The Balaban J connectivity index is 2.67. The van der Waals surface area contributed by atoms with E-state index in [2.05, 4.69) is 4.98 Å². The molecule has 1 amide bonds. The third kappa shape index (κ3) is 1.80. The number of aryl methyl sites for hydroxylation is 1.